The van der Waals surface area contributed by atoms with Gasteiger partial charge in [-0.1, -0.05) is 6.07 Å². The van der Waals surface area contributed by atoms with Crippen LogP contribution in [0.25, 0.3) is 0 Å². The molecule has 0 amide bonds. The summed E-state index contributed by atoms with van der Waals surface area (Å²) >= 11 is 6.05. The van der Waals surface area contributed by atoms with Gasteiger partial charge in [0.05, 0.1) is 0 Å². The van der Waals surface area contributed by atoms with Crippen LogP contribution in [0.3, 0.4) is 0 Å². The minimum Gasteiger partial charge on any atom is -0.287 e. The molecule has 0 aliphatic heterocycles. The number of hydrogen-bond donors (Lipinski definition) is 0. The highest BCUT2D eigenvalue weighted by atomic mass is 32.2. The number of carbonyl (C=O) groups is 2. The fourth-order valence-corrected chi connectivity index (χ4v) is 3.71. The SMILES string of the molecule is CSC(=CC(=O)c1cccc(C(=O)C=C(SC)SC)n1)SC. The van der Waals surface area contributed by atoms with Crippen molar-refractivity contribution in [2.45, 2.75) is 0 Å². The summed E-state index contributed by atoms with van der Waals surface area (Å²) in [5.74, 6) is -0.375. The lowest BCUT2D eigenvalue weighted by atomic mass is 10.2. The molecule has 22 heavy (non-hydrogen) atoms. The Morgan fingerprint density at radius 3 is 1.50 bits per heavy atom. The molecule has 0 unspecified atom stereocenters. The summed E-state index contributed by atoms with van der Waals surface area (Å²) in [5, 5.41) is 0. The molecule has 0 bridgehead atoms. The van der Waals surface area contributed by atoms with Gasteiger partial charge in [0.1, 0.15) is 11.4 Å². The van der Waals surface area contributed by atoms with Gasteiger partial charge in [-0.3, -0.25) is 9.59 Å². The summed E-state index contributed by atoms with van der Waals surface area (Å²) in [4.78, 5) is 28.6. The van der Waals surface area contributed by atoms with Gasteiger partial charge in [-0.15, -0.1) is 47.0 Å². The first-order chi connectivity index (χ1) is 10.5. The van der Waals surface area contributed by atoms with Crippen LogP contribution in [0.2, 0.25) is 0 Å². The van der Waals surface area contributed by atoms with Gasteiger partial charge in [-0.25, -0.2) is 4.98 Å². The molecule has 7 heteroatoms. The number of carbonyl (C=O) groups excluding carboxylic acids is 2. The molecule has 0 atom stereocenters. The van der Waals surface area contributed by atoms with Gasteiger partial charge in [0.15, 0.2) is 0 Å². The normalized spacial score (nSPS) is 10.0. The zero-order valence-corrected chi connectivity index (χ0v) is 16.0. The molecular weight excluding hydrogens is 354 g/mol. The van der Waals surface area contributed by atoms with Crippen molar-refractivity contribution in [1.29, 1.82) is 0 Å². The summed E-state index contributed by atoms with van der Waals surface area (Å²) in [6.07, 6.45) is 10.8. The first-order valence-electron chi connectivity index (χ1n) is 6.20. The molecule has 0 saturated carbocycles. The number of nitrogens with zero attached hydrogens (tertiary/aromatic N) is 1. The zero-order chi connectivity index (χ0) is 16.5. The van der Waals surface area contributed by atoms with E-state index in [2.05, 4.69) is 4.98 Å². The minimum atomic E-state index is -0.188. The van der Waals surface area contributed by atoms with E-state index in [0.29, 0.717) is 0 Å². The number of hydrogen-bond acceptors (Lipinski definition) is 7. The van der Waals surface area contributed by atoms with Gasteiger partial charge in [-0.05, 0) is 37.2 Å². The van der Waals surface area contributed by atoms with E-state index < -0.39 is 0 Å². The molecule has 3 nitrogen and oxygen atoms in total. The third-order valence-corrected chi connectivity index (χ3v) is 6.64. The zero-order valence-electron chi connectivity index (χ0n) is 12.8. The van der Waals surface area contributed by atoms with E-state index >= 15 is 0 Å². The van der Waals surface area contributed by atoms with Gasteiger partial charge >= 0.3 is 0 Å². The average molecular weight is 372 g/mol. The van der Waals surface area contributed by atoms with Crippen LogP contribution in [0, 0.1) is 0 Å². The molecule has 0 N–H and O–H groups in total. The van der Waals surface area contributed by atoms with Crippen LogP contribution < -0.4 is 0 Å². The number of aromatic nitrogens is 1. The van der Waals surface area contributed by atoms with Crippen LogP contribution in [0.1, 0.15) is 21.0 Å². The largest absolute Gasteiger partial charge is 0.287 e. The Morgan fingerprint density at radius 1 is 0.818 bits per heavy atom. The summed E-state index contributed by atoms with van der Waals surface area (Å²) in [6.45, 7) is 0. The van der Waals surface area contributed by atoms with E-state index in [1.54, 1.807) is 30.4 Å². The number of rotatable bonds is 8. The van der Waals surface area contributed by atoms with Crippen LogP contribution >= 0.6 is 47.0 Å². The Labute approximate surface area is 148 Å². The molecule has 1 rings (SSSR count). The van der Waals surface area contributed by atoms with E-state index in [9.17, 15) is 9.59 Å². The fraction of sp³-hybridized carbons (Fsp3) is 0.267. The van der Waals surface area contributed by atoms with Crippen molar-refractivity contribution in [3.63, 3.8) is 0 Å². The minimum absolute atomic E-state index is 0.188. The third kappa shape index (κ3) is 5.87. The van der Waals surface area contributed by atoms with E-state index in [0.717, 1.165) is 8.47 Å². The second-order valence-electron chi connectivity index (χ2n) is 3.88. The maximum absolute atomic E-state index is 12.2. The van der Waals surface area contributed by atoms with Gasteiger partial charge in [0.25, 0.3) is 0 Å². The van der Waals surface area contributed by atoms with Gasteiger partial charge in [0.2, 0.25) is 11.6 Å². The van der Waals surface area contributed by atoms with Crippen molar-refractivity contribution in [1.82, 2.24) is 4.98 Å². The van der Waals surface area contributed by atoms with Crippen molar-refractivity contribution < 1.29 is 9.59 Å². The number of ketones is 2. The highest BCUT2D eigenvalue weighted by Gasteiger charge is 2.11. The Balaban J connectivity index is 3.04. The number of pyridine rings is 1. The summed E-state index contributed by atoms with van der Waals surface area (Å²) in [6, 6.07) is 4.94. The first kappa shape index (κ1) is 19.4. The molecule has 0 aliphatic carbocycles. The third-order valence-electron chi connectivity index (χ3n) is 2.56. The second-order valence-corrected chi connectivity index (χ2v) is 7.79. The molecule has 0 fully saturated rings. The van der Waals surface area contributed by atoms with E-state index in [1.807, 2.05) is 25.0 Å². The van der Waals surface area contributed by atoms with Gasteiger partial charge in [0, 0.05) is 20.6 Å². The van der Waals surface area contributed by atoms with Crippen molar-refractivity contribution in [2.75, 3.05) is 25.0 Å². The van der Waals surface area contributed by atoms with Crippen LogP contribution in [0.5, 0.6) is 0 Å². The number of allylic oxidation sites excluding steroid dienone is 2. The molecule has 0 saturated heterocycles. The Kier molecular flexibility index (Phi) is 9.00. The van der Waals surface area contributed by atoms with Crippen LogP contribution in [-0.2, 0) is 0 Å². The molecular formula is C15H17NO2S4. The summed E-state index contributed by atoms with van der Waals surface area (Å²) in [5.41, 5.74) is 0.574. The highest BCUT2D eigenvalue weighted by molar-refractivity contribution is 8.22. The van der Waals surface area contributed by atoms with Crippen LogP contribution in [0.4, 0.5) is 0 Å². The van der Waals surface area contributed by atoms with Gasteiger partial charge < -0.3 is 0 Å². The van der Waals surface area contributed by atoms with Crippen molar-refractivity contribution in [2.24, 2.45) is 0 Å². The molecule has 0 aliphatic rings. The lowest BCUT2D eigenvalue weighted by Gasteiger charge is -2.02. The first-order valence-corrected chi connectivity index (χ1v) is 11.1. The molecule has 118 valence electrons. The number of thioether (sulfide) groups is 4. The Morgan fingerprint density at radius 2 is 1.18 bits per heavy atom. The summed E-state index contributed by atoms with van der Waals surface area (Å²) in [7, 11) is 0. The Hall–Kier alpha value is -0.630. The quantitative estimate of drug-likeness (QED) is 0.489. The smallest absolute Gasteiger partial charge is 0.205 e. The predicted molar refractivity (Wildman–Crippen MR) is 103 cm³/mol. The van der Waals surface area contributed by atoms with Crippen molar-refractivity contribution in [3.05, 3.63) is 50.2 Å². The Bertz CT molecular complexity index is 550. The summed E-state index contributed by atoms with van der Waals surface area (Å²) < 4.78 is 1.82. The van der Waals surface area contributed by atoms with E-state index in [4.69, 9.17) is 0 Å². The van der Waals surface area contributed by atoms with Crippen LogP contribution in [-0.4, -0.2) is 41.6 Å². The standard InChI is InChI=1S/C15H17NO2S4/c1-19-14(20-2)8-12(17)10-6-5-7-11(16-10)13(18)9-15(21-3)22-4/h5-9H,1-4H3. The van der Waals surface area contributed by atoms with E-state index in [-0.39, 0.29) is 23.0 Å². The topological polar surface area (TPSA) is 47.0 Å². The fourth-order valence-electron chi connectivity index (χ4n) is 1.47. The van der Waals surface area contributed by atoms with E-state index in [1.165, 1.54) is 47.0 Å². The van der Waals surface area contributed by atoms with Crippen molar-refractivity contribution >= 4 is 58.6 Å². The molecule has 1 heterocycles. The molecule has 0 spiro atoms. The van der Waals surface area contributed by atoms with Gasteiger partial charge in [-0.2, -0.15) is 0 Å². The average Bonchev–Trinajstić information content (AvgIpc) is 2.57. The maximum atomic E-state index is 12.2. The van der Waals surface area contributed by atoms with Crippen LogP contribution in [0.15, 0.2) is 38.8 Å². The predicted octanol–water partition coefficient (Wildman–Crippen LogP) is 4.58. The monoisotopic (exact) mass is 371 g/mol. The second kappa shape index (κ2) is 10.2. The lowest BCUT2D eigenvalue weighted by molar-refractivity contribution is 0.103. The molecule has 0 radical (unpaired) electrons. The molecule has 0 aromatic carbocycles. The molecule has 1 aromatic heterocycles. The lowest BCUT2D eigenvalue weighted by Crippen LogP contribution is -2.05. The molecule has 1 aromatic rings. The van der Waals surface area contributed by atoms with Crippen molar-refractivity contribution in [3.8, 4) is 0 Å². The maximum Gasteiger partial charge on any atom is 0.205 e. The highest BCUT2D eigenvalue weighted by Crippen LogP contribution is 2.24.